The third-order valence-electron chi connectivity index (χ3n) is 6.23. The maximum absolute atomic E-state index is 15.3. The molecule has 3 aromatic rings. The average Bonchev–Trinajstić information content (AvgIpc) is 3.36. The summed E-state index contributed by atoms with van der Waals surface area (Å²) in [7, 11) is -4.02. The second kappa shape index (κ2) is 7.83. The van der Waals surface area contributed by atoms with Crippen LogP contribution in [0.15, 0.2) is 22.7 Å². The van der Waals surface area contributed by atoms with Crippen LogP contribution in [0.25, 0.3) is 22.1 Å². The third kappa shape index (κ3) is 3.59. The maximum Gasteiger partial charge on any atom is 0.326 e. The highest BCUT2D eigenvalue weighted by molar-refractivity contribution is 7.88. The van der Waals surface area contributed by atoms with Crippen molar-refractivity contribution in [2.45, 2.75) is 24.9 Å². The lowest BCUT2D eigenvalue weighted by Gasteiger charge is -2.23. The molecule has 1 N–H and O–H groups in total. The number of sulfonamides is 1. The lowest BCUT2D eigenvalue weighted by atomic mass is 9.97. The fourth-order valence-electron chi connectivity index (χ4n) is 4.67. The van der Waals surface area contributed by atoms with E-state index in [2.05, 4.69) is 5.16 Å². The van der Waals surface area contributed by atoms with Crippen molar-refractivity contribution >= 4 is 32.8 Å². The second-order valence-corrected chi connectivity index (χ2v) is 10.5. The van der Waals surface area contributed by atoms with Crippen LogP contribution in [-0.2, 0) is 10.0 Å². The summed E-state index contributed by atoms with van der Waals surface area (Å²) >= 11 is 0. The van der Waals surface area contributed by atoms with Crippen molar-refractivity contribution in [3.8, 4) is 11.1 Å². The number of hydrogen-bond acceptors (Lipinski definition) is 5. The van der Waals surface area contributed by atoms with Gasteiger partial charge in [0.05, 0.1) is 23.8 Å². The quantitative estimate of drug-likeness (QED) is 0.517. The molecule has 2 aromatic carbocycles. The van der Waals surface area contributed by atoms with Gasteiger partial charge in [0.1, 0.15) is 35.4 Å². The maximum atomic E-state index is 15.3. The van der Waals surface area contributed by atoms with Gasteiger partial charge in [-0.3, -0.25) is 4.90 Å². The highest BCUT2D eigenvalue weighted by Gasteiger charge is 2.63. The van der Waals surface area contributed by atoms with E-state index in [4.69, 9.17) is 4.52 Å². The van der Waals surface area contributed by atoms with Crippen LogP contribution < -0.4 is 9.62 Å². The predicted molar refractivity (Wildman–Crippen MR) is 114 cm³/mol. The van der Waals surface area contributed by atoms with Gasteiger partial charge in [0.15, 0.2) is 11.4 Å². The molecule has 15 heteroatoms. The Bertz CT molecular complexity index is 1520. The number of carbonyl (C=O) groups is 1. The van der Waals surface area contributed by atoms with Crippen molar-refractivity contribution in [1.82, 2.24) is 14.8 Å². The number of rotatable bonds is 4. The Kier molecular flexibility index (Phi) is 5.30. The monoisotopic (exact) mass is 534 g/mol. The highest BCUT2D eigenvalue weighted by atomic mass is 32.2. The Morgan fingerprint density at radius 2 is 1.72 bits per heavy atom. The Hall–Kier alpha value is -3.33. The van der Waals surface area contributed by atoms with E-state index >= 15 is 13.2 Å². The molecule has 2 atom stereocenters. The summed E-state index contributed by atoms with van der Waals surface area (Å²) in [4.78, 5) is 14.5. The smallest absolute Gasteiger partial charge is 0.326 e. The van der Waals surface area contributed by atoms with Gasteiger partial charge in [0.2, 0.25) is 10.0 Å². The topological polar surface area (TPSA) is 95.8 Å². The van der Waals surface area contributed by atoms with Crippen molar-refractivity contribution in [2.24, 2.45) is 0 Å². The number of amides is 2. The molecule has 5 rings (SSSR count). The first-order valence-electron chi connectivity index (χ1n) is 10.4. The molecule has 2 amide bonds. The molecule has 2 aliphatic heterocycles. The molecule has 2 aliphatic rings. The number of fused-ring (bicyclic) bond motifs is 2. The van der Waals surface area contributed by atoms with Crippen LogP contribution in [-0.4, -0.2) is 61.9 Å². The van der Waals surface area contributed by atoms with Crippen molar-refractivity contribution in [1.29, 1.82) is 0 Å². The van der Waals surface area contributed by atoms with Crippen LogP contribution in [0.4, 0.5) is 37.0 Å². The number of halogens is 6. The normalized spacial score (nSPS) is 21.6. The highest BCUT2D eigenvalue weighted by Crippen LogP contribution is 2.45. The predicted octanol–water partition coefficient (Wildman–Crippen LogP) is 3.54. The summed E-state index contributed by atoms with van der Waals surface area (Å²) in [5.74, 6) is -9.43. The Balaban J connectivity index is 1.64. The third-order valence-corrected chi connectivity index (χ3v) is 6.94. The number of aryl methyl sites for hydroxylation is 1. The molecule has 0 spiro atoms. The molecule has 0 unspecified atom stereocenters. The molecule has 0 radical (unpaired) electrons. The first kappa shape index (κ1) is 24.4. The number of nitrogens with zero attached hydrogens (tertiary/aromatic N) is 3. The van der Waals surface area contributed by atoms with Crippen molar-refractivity contribution in [2.75, 3.05) is 24.2 Å². The number of nitrogens with one attached hydrogen (secondary N) is 1. The zero-order valence-corrected chi connectivity index (χ0v) is 19.3. The van der Waals surface area contributed by atoms with Gasteiger partial charge in [-0.1, -0.05) is 5.16 Å². The molecule has 0 aliphatic carbocycles. The molecular formula is C21H16F6N4O4S. The molecule has 2 fully saturated rings. The first-order valence-corrected chi connectivity index (χ1v) is 12.3. The van der Waals surface area contributed by atoms with Crippen LogP contribution in [0.1, 0.15) is 5.56 Å². The van der Waals surface area contributed by atoms with Crippen LogP contribution in [0.3, 0.4) is 0 Å². The van der Waals surface area contributed by atoms with Gasteiger partial charge in [0, 0.05) is 24.2 Å². The molecule has 192 valence electrons. The van der Waals surface area contributed by atoms with Crippen LogP contribution in [0, 0.1) is 30.2 Å². The zero-order chi connectivity index (χ0) is 26.3. The van der Waals surface area contributed by atoms with Crippen LogP contribution >= 0.6 is 0 Å². The molecule has 0 saturated carbocycles. The molecule has 3 heterocycles. The van der Waals surface area contributed by atoms with Gasteiger partial charge < -0.3 is 9.42 Å². The van der Waals surface area contributed by atoms with Gasteiger partial charge in [0.25, 0.3) is 5.92 Å². The Morgan fingerprint density at radius 1 is 1.08 bits per heavy atom. The SMILES string of the molecule is Cc1cc2onc(N3C[C@H]4N(C[C@@H](NS(C)(=O)=O)C4(F)F)C3=O)c2c(-c2c(F)cc(F)cc2F)c1F. The van der Waals surface area contributed by atoms with E-state index in [-0.39, 0.29) is 16.5 Å². The van der Waals surface area contributed by atoms with Gasteiger partial charge in [-0.2, -0.15) is 0 Å². The fraction of sp³-hybridized carbons (Fsp3) is 0.333. The number of alkyl halides is 2. The van der Waals surface area contributed by atoms with E-state index in [0.29, 0.717) is 18.4 Å². The first-order chi connectivity index (χ1) is 16.7. The van der Waals surface area contributed by atoms with Gasteiger partial charge in [-0.15, -0.1) is 0 Å². The summed E-state index contributed by atoms with van der Waals surface area (Å²) in [5.41, 5.74) is -2.00. The molecule has 2 saturated heterocycles. The number of hydrogen-bond donors (Lipinski definition) is 1. The van der Waals surface area contributed by atoms with E-state index in [9.17, 15) is 26.4 Å². The van der Waals surface area contributed by atoms with Crippen LogP contribution in [0.2, 0.25) is 0 Å². The number of carbonyl (C=O) groups excluding carboxylic acids is 1. The summed E-state index contributed by atoms with van der Waals surface area (Å²) in [5, 5.41) is 3.30. The lowest BCUT2D eigenvalue weighted by molar-refractivity contribution is -0.0324. The van der Waals surface area contributed by atoms with Gasteiger partial charge in [-0.25, -0.2) is 44.3 Å². The zero-order valence-electron chi connectivity index (χ0n) is 18.5. The molecule has 1 aromatic heterocycles. The minimum Gasteiger partial charge on any atom is -0.354 e. The average molecular weight is 534 g/mol. The minimum absolute atomic E-state index is 0.113. The Labute approximate surface area is 199 Å². The molecular weight excluding hydrogens is 518 g/mol. The van der Waals surface area contributed by atoms with Crippen molar-refractivity contribution in [3.63, 3.8) is 0 Å². The molecule has 36 heavy (non-hydrogen) atoms. The van der Waals surface area contributed by atoms with E-state index in [1.807, 2.05) is 4.72 Å². The largest absolute Gasteiger partial charge is 0.354 e. The summed E-state index contributed by atoms with van der Waals surface area (Å²) in [6, 6.07) is -2.87. The van der Waals surface area contributed by atoms with Gasteiger partial charge in [-0.05, 0) is 18.6 Å². The fourth-order valence-corrected chi connectivity index (χ4v) is 5.42. The van der Waals surface area contributed by atoms with E-state index in [1.54, 1.807) is 0 Å². The lowest BCUT2D eigenvalue weighted by Crippen LogP contribution is -2.50. The molecule has 0 bridgehead atoms. The van der Waals surface area contributed by atoms with E-state index in [0.717, 1.165) is 15.9 Å². The summed E-state index contributed by atoms with van der Waals surface area (Å²) in [6.45, 7) is -0.109. The van der Waals surface area contributed by atoms with E-state index < -0.39 is 87.4 Å². The number of aromatic nitrogens is 1. The van der Waals surface area contributed by atoms with Gasteiger partial charge >= 0.3 is 6.03 Å². The van der Waals surface area contributed by atoms with Crippen molar-refractivity contribution in [3.05, 3.63) is 47.0 Å². The number of benzene rings is 2. The van der Waals surface area contributed by atoms with Crippen LogP contribution in [0.5, 0.6) is 0 Å². The second-order valence-electron chi connectivity index (χ2n) is 8.68. The number of anilines is 1. The number of urea groups is 1. The standard InChI is InChI=1S/C21H16F6N4O4S/c1-8-3-12-16(17(18(8)25)15-10(23)4-9(22)5-11(15)24)19(28-35-12)31-7-14-21(26,27)13(29-36(2,33)34)6-30(14)20(31)32/h3-5,13-14,29H,6-7H2,1-2H3/t13-,14-/m1/s1. The summed E-state index contributed by atoms with van der Waals surface area (Å²) < 4.78 is 118. The summed E-state index contributed by atoms with van der Waals surface area (Å²) in [6.07, 6.45) is 0.702. The molecule has 8 nitrogen and oxygen atoms in total. The Morgan fingerprint density at radius 3 is 2.31 bits per heavy atom. The van der Waals surface area contributed by atoms with Crippen molar-refractivity contribution < 1.29 is 44.1 Å². The minimum atomic E-state index is -4.02. The van der Waals surface area contributed by atoms with E-state index in [1.165, 1.54) is 6.92 Å².